The summed E-state index contributed by atoms with van der Waals surface area (Å²) < 4.78 is 0. The monoisotopic (exact) mass is 181 g/mol. The van der Waals surface area contributed by atoms with Gasteiger partial charge in [0.25, 0.3) is 0 Å². The molecule has 74 valence electrons. The van der Waals surface area contributed by atoms with Gasteiger partial charge in [0.2, 0.25) is 0 Å². The third-order valence-electron chi connectivity index (χ3n) is 2.98. The molecule has 2 N–H and O–H groups in total. The molecule has 2 atom stereocenters. The number of nitrogens with two attached hydrogens (primary N) is 1. The van der Waals surface area contributed by atoms with Gasteiger partial charge in [-0.15, -0.1) is 0 Å². The van der Waals surface area contributed by atoms with Crippen molar-refractivity contribution >= 4 is 0 Å². The zero-order valence-corrected chi connectivity index (χ0v) is 8.37. The summed E-state index contributed by atoms with van der Waals surface area (Å²) in [5.41, 5.74) is 5.73. The van der Waals surface area contributed by atoms with E-state index in [4.69, 9.17) is 11.0 Å². The zero-order valence-electron chi connectivity index (χ0n) is 8.37. The first-order chi connectivity index (χ1) is 6.29. The average molecular weight is 181 g/mol. The number of likely N-dealkylation sites (tertiary alicyclic amines) is 1. The second-order valence-corrected chi connectivity index (χ2v) is 3.87. The van der Waals surface area contributed by atoms with Gasteiger partial charge in [-0.25, -0.2) is 0 Å². The molecule has 0 aromatic heterocycles. The number of rotatable bonds is 3. The standard InChI is InChI=1S/C10H19N3/c1-9-4-2-6-13(7-3-5-11)10(9)8-12/h9-10H,2-4,6-8,12H2,1H3. The van der Waals surface area contributed by atoms with Gasteiger partial charge in [-0.3, -0.25) is 4.90 Å². The van der Waals surface area contributed by atoms with E-state index in [1.54, 1.807) is 0 Å². The first-order valence-electron chi connectivity index (χ1n) is 5.10. The van der Waals surface area contributed by atoms with Crippen molar-refractivity contribution in [3.63, 3.8) is 0 Å². The van der Waals surface area contributed by atoms with Crippen molar-refractivity contribution in [3.05, 3.63) is 0 Å². The predicted octanol–water partition coefficient (Wildman–Crippen LogP) is 0.959. The Morgan fingerprint density at radius 3 is 3.00 bits per heavy atom. The van der Waals surface area contributed by atoms with E-state index in [-0.39, 0.29) is 0 Å². The van der Waals surface area contributed by atoms with E-state index in [1.807, 2.05) is 0 Å². The van der Waals surface area contributed by atoms with Crippen LogP contribution in [-0.4, -0.2) is 30.6 Å². The molecule has 1 rings (SSSR count). The van der Waals surface area contributed by atoms with Crippen molar-refractivity contribution in [2.24, 2.45) is 11.7 Å². The normalized spacial score (nSPS) is 29.9. The highest BCUT2D eigenvalue weighted by molar-refractivity contribution is 4.84. The Labute approximate surface area is 80.5 Å². The fourth-order valence-electron chi connectivity index (χ4n) is 2.19. The predicted molar refractivity (Wildman–Crippen MR) is 53.0 cm³/mol. The summed E-state index contributed by atoms with van der Waals surface area (Å²) in [5, 5.41) is 8.51. The molecule has 0 aromatic carbocycles. The van der Waals surface area contributed by atoms with Crippen LogP contribution >= 0.6 is 0 Å². The molecule has 3 nitrogen and oxygen atoms in total. The second-order valence-electron chi connectivity index (χ2n) is 3.87. The van der Waals surface area contributed by atoms with Gasteiger partial charge in [-0.05, 0) is 25.3 Å². The van der Waals surface area contributed by atoms with Crippen LogP contribution in [0.5, 0.6) is 0 Å². The minimum Gasteiger partial charge on any atom is -0.329 e. The third-order valence-corrected chi connectivity index (χ3v) is 2.98. The van der Waals surface area contributed by atoms with E-state index in [0.717, 1.165) is 19.6 Å². The maximum Gasteiger partial charge on any atom is 0.0635 e. The van der Waals surface area contributed by atoms with Gasteiger partial charge in [-0.2, -0.15) is 5.26 Å². The highest BCUT2D eigenvalue weighted by Crippen LogP contribution is 2.22. The van der Waals surface area contributed by atoms with Gasteiger partial charge in [0.15, 0.2) is 0 Å². The quantitative estimate of drug-likeness (QED) is 0.705. The van der Waals surface area contributed by atoms with Crippen LogP contribution in [0, 0.1) is 17.2 Å². The molecule has 1 saturated heterocycles. The van der Waals surface area contributed by atoms with Crippen LogP contribution in [0.25, 0.3) is 0 Å². The first kappa shape index (κ1) is 10.5. The van der Waals surface area contributed by atoms with E-state index in [0.29, 0.717) is 18.4 Å². The molecule has 0 aromatic rings. The lowest BCUT2D eigenvalue weighted by molar-refractivity contribution is 0.109. The SMILES string of the molecule is CC1CCCN(CCC#N)C1CN. The highest BCUT2D eigenvalue weighted by atomic mass is 15.2. The Bertz CT molecular complexity index is 185. The van der Waals surface area contributed by atoms with Crippen molar-refractivity contribution < 1.29 is 0 Å². The molecule has 13 heavy (non-hydrogen) atoms. The summed E-state index contributed by atoms with van der Waals surface area (Å²) >= 11 is 0. The zero-order chi connectivity index (χ0) is 9.68. The van der Waals surface area contributed by atoms with E-state index in [9.17, 15) is 0 Å². The lowest BCUT2D eigenvalue weighted by Crippen LogP contribution is -2.48. The molecule has 0 aliphatic carbocycles. The van der Waals surface area contributed by atoms with Crippen LogP contribution in [0.1, 0.15) is 26.2 Å². The molecule has 1 heterocycles. The van der Waals surface area contributed by atoms with Gasteiger partial charge in [-0.1, -0.05) is 6.92 Å². The third kappa shape index (κ3) is 2.68. The molecule has 0 amide bonds. The number of nitriles is 1. The largest absolute Gasteiger partial charge is 0.329 e. The van der Waals surface area contributed by atoms with Gasteiger partial charge >= 0.3 is 0 Å². The Hall–Kier alpha value is -0.590. The highest BCUT2D eigenvalue weighted by Gasteiger charge is 2.26. The van der Waals surface area contributed by atoms with Gasteiger partial charge in [0.05, 0.1) is 6.07 Å². The van der Waals surface area contributed by atoms with Crippen LogP contribution < -0.4 is 5.73 Å². The Kier molecular flexibility index (Phi) is 4.20. The fraction of sp³-hybridized carbons (Fsp3) is 0.900. The number of piperidine rings is 1. The summed E-state index contributed by atoms with van der Waals surface area (Å²) in [6.07, 6.45) is 3.16. The maximum atomic E-state index is 8.51. The summed E-state index contributed by atoms with van der Waals surface area (Å²) in [7, 11) is 0. The molecule has 1 fully saturated rings. The molecular weight excluding hydrogens is 162 g/mol. The van der Waals surface area contributed by atoms with Crippen molar-refractivity contribution in [2.45, 2.75) is 32.2 Å². The minimum absolute atomic E-state index is 0.502. The summed E-state index contributed by atoms with van der Waals surface area (Å²) in [4.78, 5) is 2.37. The molecule has 0 spiro atoms. The van der Waals surface area contributed by atoms with E-state index in [2.05, 4.69) is 17.9 Å². The Morgan fingerprint density at radius 1 is 1.62 bits per heavy atom. The van der Waals surface area contributed by atoms with Crippen LogP contribution in [0.15, 0.2) is 0 Å². The number of hydrogen-bond donors (Lipinski definition) is 1. The Balaban J connectivity index is 2.45. The summed E-state index contributed by atoms with van der Waals surface area (Å²) in [5.74, 6) is 0.692. The molecule has 3 heteroatoms. The van der Waals surface area contributed by atoms with E-state index < -0.39 is 0 Å². The average Bonchev–Trinajstić information content (AvgIpc) is 2.15. The second kappa shape index (κ2) is 5.21. The number of nitrogens with zero attached hydrogens (tertiary/aromatic N) is 2. The molecule has 0 radical (unpaired) electrons. The molecule has 1 aliphatic heterocycles. The first-order valence-corrected chi connectivity index (χ1v) is 5.10. The molecule has 2 unspecified atom stereocenters. The molecule has 0 bridgehead atoms. The van der Waals surface area contributed by atoms with E-state index >= 15 is 0 Å². The van der Waals surface area contributed by atoms with Crippen molar-refractivity contribution in [2.75, 3.05) is 19.6 Å². The van der Waals surface area contributed by atoms with Crippen molar-refractivity contribution in [3.8, 4) is 6.07 Å². The van der Waals surface area contributed by atoms with Crippen LogP contribution in [-0.2, 0) is 0 Å². The van der Waals surface area contributed by atoms with Gasteiger partial charge in [0.1, 0.15) is 0 Å². The smallest absolute Gasteiger partial charge is 0.0635 e. The lowest BCUT2D eigenvalue weighted by Gasteiger charge is -2.39. The van der Waals surface area contributed by atoms with Gasteiger partial charge in [0, 0.05) is 25.6 Å². The lowest BCUT2D eigenvalue weighted by atomic mass is 9.91. The molecule has 0 saturated carbocycles. The fourth-order valence-corrected chi connectivity index (χ4v) is 2.19. The van der Waals surface area contributed by atoms with Crippen molar-refractivity contribution in [1.82, 2.24) is 4.90 Å². The maximum absolute atomic E-state index is 8.51. The summed E-state index contributed by atoms with van der Waals surface area (Å²) in [6, 6.07) is 2.69. The van der Waals surface area contributed by atoms with Crippen molar-refractivity contribution in [1.29, 1.82) is 5.26 Å². The molecule has 1 aliphatic rings. The number of hydrogen-bond acceptors (Lipinski definition) is 3. The summed E-state index contributed by atoms with van der Waals surface area (Å²) in [6.45, 7) is 5.00. The van der Waals surface area contributed by atoms with Crippen LogP contribution in [0.4, 0.5) is 0 Å². The van der Waals surface area contributed by atoms with Gasteiger partial charge < -0.3 is 5.73 Å². The van der Waals surface area contributed by atoms with E-state index in [1.165, 1.54) is 12.8 Å². The topological polar surface area (TPSA) is 53.0 Å². The minimum atomic E-state index is 0.502. The Morgan fingerprint density at radius 2 is 2.38 bits per heavy atom. The molecular formula is C10H19N3. The van der Waals surface area contributed by atoms with Crippen LogP contribution in [0.2, 0.25) is 0 Å². The van der Waals surface area contributed by atoms with Crippen LogP contribution in [0.3, 0.4) is 0 Å².